The molecule has 0 fully saturated rings. The van der Waals surface area contributed by atoms with E-state index in [1.54, 1.807) is 24.9 Å². The van der Waals surface area contributed by atoms with Gasteiger partial charge >= 0.3 is 5.97 Å². The van der Waals surface area contributed by atoms with E-state index < -0.39 is 12.1 Å². The molecule has 6 nitrogen and oxygen atoms in total. The Morgan fingerprint density at radius 3 is 2.48 bits per heavy atom. The highest BCUT2D eigenvalue weighted by molar-refractivity contribution is 6.31. The molecule has 2 aromatic carbocycles. The van der Waals surface area contributed by atoms with Gasteiger partial charge in [-0.2, -0.15) is 5.10 Å². The topological polar surface area (TPSA) is 64.4 Å². The van der Waals surface area contributed by atoms with Gasteiger partial charge in [0.05, 0.1) is 12.2 Å². The molecule has 0 saturated carbocycles. The Labute approximate surface area is 199 Å². The summed E-state index contributed by atoms with van der Waals surface area (Å²) in [5.41, 5.74) is 4.50. The second kappa shape index (κ2) is 11.0. The minimum absolute atomic E-state index is 0.263. The molecular weight excluding hydrogens is 438 g/mol. The second-order valence-corrected chi connectivity index (χ2v) is 8.33. The Hall–Kier alpha value is -3.38. The molecule has 0 saturated heterocycles. The fourth-order valence-electron chi connectivity index (χ4n) is 3.55. The third-order valence-corrected chi connectivity index (χ3v) is 5.75. The standard InChI is InChI=1S/C26H28ClN3O3/c1-18-23(19(2)30(28-18)17-22-12-8-9-13-24(22)27)14-15-25(31)33-20(3)26(32)29(4)16-21-10-6-5-7-11-21/h5-15,20H,16-17H2,1-4H3/b15-14+. The molecule has 0 aliphatic heterocycles. The van der Waals surface area contributed by atoms with E-state index >= 15 is 0 Å². The molecule has 0 bridgehead atoms. The van der Waals surface area contributed by atoms with Gasteiger partial charge < -0.3 is 9.64 Å². The number of hydrogen-bond donors (Lipinski definition) is 0. The Morgan fingerprint density at radius 1 is 1.12 bits per heavy atom. The zero-order valence-electron chi connectivity index (χ0n) is 19.3. The van der Waals surface area contributed by atoms with Crippen molar-refractivity contribution in [2.75, 3.05) is 7.05 Å². The summed E-state index contributed by atoms with van der Waals surface area (Å²) in [6.07, 6.45) is 2.12. The first-order valence-corrected chi connectivity index (χ1v) is 11.1. The quantitative estimate of drug-likeness (QED) is 0.354. The van der Waals surface area contributed by atoms with Gasteiger partial charge in [-0.3, -0.25) is 9.48 Å². The maximum Gasteiger partial charge on any atom is 0.331 e. The smallest absolute Gasteiger partial charge is 0.331 e. The minimum Gasteiger partial charge on any atom is -0.449 e. The Balaban J connectivity index is 1.61. The lowest BCUT2D eigenvalue weighted by Gasteiger charge is -2.21. The van der Waals surface area contributed by atoms with Crippen molar-refractivity contribution in [3.63, 3.8) is 0 Å². The van der Waals surface area contributed by atoms with Crippen LogP contribution < -0.4 is 0 Å². The number of aryl methyl sites for hydroxylation is 1. The Kier molecular flexibility index (Phi) is 8.06. The summed E-state index contributed by atoms with van der Waals surface area (Å²) in [6, 6.07) is 17.3. The van der Waals surface area contributed by atoms with Crippen LogP contribution >= 0.6 is 11.6 Å². The molecular formula is C26H28ClN3O3. The van der Waals surface area contributed by atoms with E-state index in [0.29, 0.717) is 18.1 Å². The predicted octanol–water partition coefficient (Wildman–Crippen LogP) is 4.81. The zero-order valence-corrected chi connectivity index (χ0v) is 20.0. The van der Waals surface area contributed by atoms with E-state index in [-0.39, 0.29) is 5.91 Å². The van der Waals surface area contributed by atoms with Crippen molar-refractivity contribution >= 4 is 29.6 Å². The van der Waals surface area contributed by atoms with Gasteiger partial charge in [0.25, 0.3) is 5.91 Å². The summed E-state index contributed by atoms with van der Waals surface area (Å²) in [5, 5.41) is 5.25. The summed E-state index contributed by atoms with van der Waals surface area (Å²) in [4.78, 5) is 26.5. The fraction of sp³-hybridized carbons (Fsp3) is 0.269. The lowest BCUT2D eigenvalue weighted by molar-refractivity contribution is -0.154. The number of likely N-dealkylation sites (N-methyl/N-ethyl adjacent to an activating group) is 1. The maximum absolute atomic E-state index is 12.6. The number of hydrogen-bond acceptors (Lipinski definition) is 4. The van der Waals surface area contributed by atoms with Gasteiger partial charge in [-0.15, -0.1) is 0 Å². The van der Waals surface area contributed by atoms with E-state index in [0.717, 1.165) is 28.1 Å². The average Bonchev–Trinajstić information content (AvgIpc) is 3.06. The van der Waals surface area contributed by atoms with Crippen molar-refractivity contribution in [3.8, 4) is 0 Å². The number of aromatic nitrogens is 2. The first-order valence-electron chi connectivity index (χ1n) is 10.7. The van der Waals surface area contributed by atoms with Crippen LogP contribution in [0.3, 0.4) is 0 Å². The lowest BCUT2D eigenvalue weighted by atomic mass is 10.1. The SMILES string of the molecule is Cc1nn(Cc2ccccc2Cl)c(C)c1/C=C/C(=O)OC(C)C(=O)N(C)Cc1ccccc1. The number of benzene rings is 2. The molecule has 0 aliphatic carbocycles. The second-order valence-electron chi connectivity index (χ2n) is 7.93. The van der Waals surface area contributed by atoms with Crippen molar-refractivity contribution < 1.29 is 14.3 Å². The number of halogens is 1. The summed E-state index contributed by atoms with van der Waals surface area (Å²) in [5.74, 6) is -0.845. The van der Waals surface area contributed by atoms with Crippen LogP contribution in [0.2, 0.25) is 5.02 Å². The minimum atomic E-state index is -0.888. The molecule has 7 heteroatoms. The van der Waals surface area contributed by atoms with Crippen LogP contribution in [0.25, 0.3) is 6.08 Å². The number of rotatable bonds is 8. The summed E-state index contributed by atoms with van der Waals surface area (Å²) < 4.78 is 7.18. The molecule has 3 rings (SSSR count). The van der Waals surface area contributed by atoms with Crippen LogP contribution in [-0.2, 0) is 27.4 Å². The third-order valence-electron chi connectivity index (χ3n) is 5.38. The van der Waals surface area contributed by atoms with E-state index in [4.69, 9.17) is 16.3 Å². The lowest BCUT2D eigenvalue weighted by Crippen LogP contribution is -2.36. The van der Waals surface area contributed by atoms with Crippen molar-refractivity contribution in [2.24, 2.45) is 0 Å². The third kappa shape index (κ3) is 6.33. The molecule has 1 atom stereocenters. The number of carbonyl (C=O) groups excluding carboxylic acids is 2. The Morgan fingerprint density at radius 2 is 1.79 bits per heavy atom. The van der Waals surface area contributed by atoms with Gasteiger partial charge in [0.2, 0.25) is 0 Å². The number of amides is 1. The molecule has 172 valence electrons. The Bertz CT molecular complexity index is 1150. The highest BCUT2D eigenvalue weighted by Gasteiger charge is 2.21. The zero-order chi connectivity index (χ0) is 24.0. The molecule has 1 amide bonds. The highest BCUT2D eigenvalue weighted by atomic mass is 35.5. The molecule has 3 aromatic rings. The molecule has 1 heterocycles. The largest absolute Gasteiger partial charge is 0.449 e. The van der Waals surface area contributed by atoms with E-state index in [2.05, 4.69) is 5.10 Å². The van der Waals surface area contributed by atoms with Gasteiger partial charge in [0.1, 0.15) is 0 Å². The summed E-state index contributed by atoms with van der Waals surface area (Å²) >= 11 is 6.27. The number of esters is 1. The normalized spacial score (nSPS) is 12.0. The average molecular weight is 466 g/mol. The first kappa shape index (κ1) is 24.3. The van der Waals surface area contributed by atoms with Gasteiger partial charge in [0.15, 0.2) is 6.10 Å². The van der Waals surface area contributed by atoms with Crippen LogP contribution in [0.15, 0.2) is 60.7 Å². The number of nitrogens with zero attached hydrogens (tertiary/aromatic N) is 3. The summed E-state index contributed by atoms with van der Waals surface area (Å²) in [6.45, 7) is 6.37. The summed E-state index contributed by atoms with van der Waals surface area (Å²) in [7, 11) is 1.69. The monoisotopic (exact) mass is 465 g/mol. The van der Waals surface area contributed by atoms with Crippen molar-refractivity contribution in [2.45, 2.75) is 40.0 Å². The highest BCUT2D eigenvalue weighted by Crippen LogP contribution is 2.20. The van der Waals surface area contributed by atoms with Crippen LogP contribution in [0.1, 0.15) is 35.0 Å². The number of carbonyl (C=O) groups is 2. The molecule has 0 N–H and O–H groups in total. The molecule has 1 unspecified atom stereocenters. The van der Waals surface area contributed by atoms with E-state index in [1.165, 1.54) is 6.08 Å². The van der Waals surface area contributed by atoms with Crippen molar-refractivity contribution in [1.29, 1.82) is 0 Å². The molecule has 1 aromatic heterocycles. The van der Waals surface area contributed by atoms with Crippen LogP contribution in [-0.4, -0.2) is 39.7 Å². The van der Waals surface area contributed by atoms with E-state index in [9.17, 15) is 9.59 Å². The van der Waals surface area contributed by atoms with Crippen LogP contribution in [0.5, 0.6) is 0 Å². The molecule has 33 heavy (non-hydrogen) atoms. The van der Waals surface area contributed by atoms with E-state index in [1.807, 2.05) is 73.1 Å². The van der Waals surface area contributed by atoms with Crippen molar-refractivity contribution in [3.05, 3.63) is 93.8 Å². The van der Waals surface area contributed by atoms with Gasteiger partial charge in [-0.05, 0) is 44.0 Å². The molecule has 0 aliphatic rings. The van der Waals surface area contributed by atoms with Crippen LogP contribution in [0.4, 0.5) is 0 Å². The fourth-order valence-corrected chi connectivity index (χ4v) is 3.75. The van der Waals surface area contributed by atoms with Gasteiger partial charge in [-0.1, -0.05) is 60.1 Å². The molecule has 0 radical (unpaired) electrons. The van der Waals surface area contributed by atoms with Crippen molar-refractivity contribution in [1.82, 2.24) is 14.7 Å². The van der Waals surface area contributed by atoms with Crippen LogP contribution in [0, 0.1) is 13.8 Å². The maximum atomic E-state index is 12.6. The van der Waals surface area contributed by atoms with Gasteiger partial charge in [0, 0.05) is 35.9 Å². The first-order chi connectivity index (χ1) is 15.8. The predicted molar refractivity (Wildman–Crippen MR) is 130 cm³/mol. The number of ether oxygens (including phenoxy) is 1. The molecule has 0 spiro atoms. The van der Waals surface area contributed by atoms with Gasteiger partial charge in [-0.25, -0.2) is 4.79 Å².